The second kappa shape index (κ2) is 13.0. The number of nitrogens with one attached hydrogen (secondary N) is 3. The van der Waals surface area contributed by atoms with Crippen LogP contribution in [0.4, 0.5) is 11.4 Å². The number of benzene rings is 3. The van der Waals surface area contributed by atoms with Crippen LogP contribution in [0.25, 0.3) is 0 Å². The average Bonchev–Trinajstić information content (AvgIpc) is 2.88. The highest BCUT2D eigenvalue weighted by molar-refractivity contribution is 6.39. The fraction of sp³-hybridized carbons (Fsp3) is 0.241. The van der Waals surface area contributed by atoms with E-state index in [0.29, 0.717) is 29.4 Å². The summed E-state index contributed by atoms with van der Waals surface area (Å²) >= 11 is 0. The van der Waals surface area contributed by atoms with E-state index >= 15 is 0 Å². The number of anilines is 2. The van der Waals surface area contributed by atoms with Gasteiger partial charge in [-0.05, 0) is 80.6 Å². The third-order valence-electron chi connectivity index (χ3n) is 5.68. The molecule has 0 atom stereocenters. The van der Waals surface area contributed by atoms with Crippen molar-refractivity contribution in [3.05, 3.63) is 82.4 Å². The Morgan fingerprint density at radius 1 is 0.763 bits per heavy atom. The van der Waals surface area contributed by atoms with Gasteiger partial charge < -0.3 is 20.1 Å². The fourth-order valence-electron chi connectivity index (χ4n) is 3.72. The van der Waals surface area contributed by atoms with Gasteiger partial charge in [0.25, 0.3) is 5.91 Å². The highest BCUT2D eigenvalue weighted by Gasteiger charge is 2.15. The van der Waals surface area contributed by atoms with Crippen LogP contribution in [0.2, 0.25) is 0 Å². The van der Waals surface area contributed by atoms with Crippen molar-refractivity contribution < 1.29 is 23.9 Å². The van der Waals surface area contributed by atoms with Crippen molar-refractivity contribution in [2.45, 2.75) is 34.6 Å². The lowest BCUT2D eigenvalue weighted by atomic mass is 10.1. The Kier molecular flexibility index (Phi) is 9.59. The Hall–Kier alpha value is -4.66. The Balaban J connectivity index is 1.59. The maximum Gasteiger partial charge on any atom is 0.329 e. The number of para-hydroxylation sites is 2. The quantitative estimate of drug-likeness (QED) is 0.221. The molecule has 198 valence electrons. The number of carbonyl (C=O) groups excluding carboxylic acids is 3. The third-order valence-corrected chi connectivity index (χ3v) is 5.68. The van der Waals surface area contributed by atoms with Crippen molar-refractivity contribution in [3.63, 3.8) is 0 Å². The molecule has 0 heterocycles. The molecule has 38 heavy (non-hydrogen) atoms. The molecule has 3 rings (SSSR count). The number of amides is 3. The van der Waals surface area contributed by atoms with Crippen molar-refractivity contribution >= 4 is 35.3 Å². The van der Waals surface area contributed by atoms with Crippen LogP contribution in [0.1, 0.15) is 34.7 Å². The molecular weight excluding hydrogens is 484 g/mol. The summed E-state index contributed by atoms with van der Waals surface area (Å²) in [4.78, 5) is 36.9. The van der Waals surface area contributed by atoms with Crippen LogP contribution in [-0.2, 0) is 14.4 Å². The highest BCUT2D eigenvalue weighted by atomic mass is 16.5. The van der Waals surface area contributed by atoms with E-state index in [1.54, 1.807) is 18.2 Å². The van der Waals surface area contributed by atoms with Gasteiger partial charge in [-0.25, -0.2) is 5.43 Å². The standard InChI is InChI=1S/C29H32N4O5/c1-6-37-24-15-22(16-30-33-29(36)28(35)32-27-20(4)11-8-12-21(27)5)13-14-23(24)38-17-25(34)31-26-18(2)9-7-10-19(26)3/h7-16H,6,17H2,1-5H3,(H,31,34)(H,32,35)(H,33,36)/b30-16-. The van der Waals surface area contributed by atoms with Crippen LogP contribution in [0, 0.1) is 27.7 Å². The van der Waals surface area contributed by atoms with Gasteiger partial charge in [0, 0.05) is 11.4 Å². The number of ether oxygens (including phenoxy) is 2. The number of nitrogens with zero attached hydrogens (tertiary/aromatic N) is 1. The maximum absolute atomic E-state index is 12.5. The first-order chi connectivity index (χ1) is 18.2. The van der Waals surface area contributed by atoms with Crippen molar-refractivity contribution in [2.75, 3.05) is 23.8 Å². The van der Waals surface area contributed by atoms with Crippen LogP contribution < -0.4 is 25.5 Å². The maximum atomic E-state index is 12.5. The molecular formula is C29H32N4O5. The van der Waals surface area contributed by atoms with Gasteiger partial charge in [-0.1, -0.05) is 36.4 Å². The molecule has 0 aliphatic heterocycles. The van der Waals surface area contributed by atoms with E-state index in [2.05, 4.69) is 21.2 Å². The minimum Gasteiger partial charge on any atom is -0.490 e. The Morgan fingerprint density at radius 2 is 1.34 bits per heavy atom. The number of hydrogen-bond donors (Lipinski definition) is 3. The molecule has 0 saturated heterocycles. The molecule has 0 fully saturated rings. The first-order valence-corrected chi connectivity index (χ1v) is 12.2. The van der Waals surface area contributed by atoms with E-state index < -0.39 is 11.8 Å². The van der Waals surface area contributed by atoms with Gasteiger partial charge in [-0.3, -0.25) is 14.4 Å². The van der Waals surface area contributed by atoms with Gasteiger partial charge in [0.1, 0.15) is 0 Å². The van der Waals surface area contributed by atoms with E-state index in [1.165, 1.54) is 6.21 Å². The smallest absolute Gasteiger partial charge is 0.329 e. The largest absolute Gasteiger partial charge is 0.490 e. The molecule has 3 amide bonds. The molecule has 0 spiro atoms. The number of carbonyl (C=O) groups is 3. The summed E-state index contributed by atoms with van der Waals surface area (Å²) in [6, 6.07) is 16.4. The monoisotopic (exact) mass is 516 g/mol. The SMILES string of the molecule is CCOc1cc(/C=N\NC(=O)C(=O)Nc2c(C)cccc2C)ccc1OCC(=O)Nc1c(C)cccc1C. The molecule has 0 aliphatic carbocycles. The summed E-state index contributed by atoms with van der Waals surface area (Å²) < 4.78 is 11.4. The normalized spacial score (nSPS) is 10.7. The second-order valence-electron chi connectivity index (χ2n) is 8.66. The van der Waals surface area contributed by atoms with Gasteiger partial charge in [0.15, 0.2) is 18.1 Å². The second-order valence-corrected chi connectivity index (χ2v) is 8.66. The van der Waals surface area contributed by atoms with Crippen molar-refractivity contribution in [3.8, 4) is 11.5 Å². The minimum atomic E-state index is -0.899. The molecule has 0 saturated carbocycles. The highest BCUT2D eigenvalue weighted by Crippen LogP contribution is 2.28. The zero-order valence-corrected chi connectivity index (χ0v) is 22.2. The average molecular weight is 517 g/mol. The molecule has 9 nitrogen and oxygen atoms in total. The predicted molar refractivity (Wildman–Crippen MR) is 148 cm³/mol. The van der Waals surface area contributed by atoms with Crippen LogP contribution in [0.3, 0.4) is 0 Å². The predicted octanol–water partition coefficient (Wildman–Crippen LogP) is 4.43. The summed E-state index contributed by atoms with van der Waals surface area (Å²) in [5.41, 5.74) is 7.81. The molecule has 9 heteroatoms. The molecule has 3 N–H and O–H groups in total. The van der Waals surface area contributed by atoms with Gasteiger partial charge in [0.05, 0.1) is 12.8 Å². The lowest BCUT2D eigenvalue weighted by molar-refractivity contribution is -0.136. The van der Waals surface area contributed by atoms with Crippen LogP contribution >= 0.6 is 0 Å². The molecule has 3 aromatic rings. The molecule has 0 bridgehead atoms. The molecule has 0 unspecified atom stereocenters. The first-order valence-electron chi connectivity index (χ1n) is 12.2. The van der Waals surface area contributed by atoms with E-state index in [-0.39, 0.29) is 12.5 Å². The van der Waals surface area contributed by atoms with Crippen molar-refractivity contribution in [1.29, 1.82) is 0 Å². The van der Waals surface area contributed by atoms with E-state index in [4.69, 9.17) is 9.47 Å². The Morgan fingerprint density at radius 3 is 1.92 bits per heavy atom. The number of aryl methyl sites for hydroxylation is 4. The summed E-state index contributed by atoms with van der Waals surface area (Å²) in [5, 5.41) is 9.36. The van der Waals surface area contributed by atoms with E-state index in [0.717, 1.165) is 27.9 Å². The van der Waals surface area contributed by atoms with Crippen molar-refractivity contribution in [1.82, 2.24) is 5.43 Å². The minimum absolute atomic E-state index is 0.202. The Bertz CT molecular complexity index is 1330. The lowest BCUT2D eigenvalue weighted by Gasteiger charge is -2.14. The summed E-state index contributed by atoms with van der Waals surface area (Å²) in [6.45, 7) is 9.55. The topological polar surface area (TPSA) is 118 Å². The van der Waals surface area contributed by atoms with Crippen LogP contribution in [0.5, 0.6) is 11.5 Å². The number of hydrogen-bond acceptors (Lipinski definition) is 6. The molecule has 3 aromatic carbocycles. The van der Waals surface area contributed by atoms with Gasteiger partial charge >= 0.3 is 11.8 Å². The van der Waals surface area contributed by atoms with Gasteiger partial charge in [0.2, 0.25) is 0 Å². The lowest BCUT2D eigenvalue weighted by Crippen LogP contribution is -2.32. The van der Waals surface area contributed by atoms with Crippen LogP contribution in [0.15, 0.2) is 59.7 Å². The zero-order valence-electron chi connectivity index (χ0n) is 22.2. The van der Waals surface area contributed by atoms with Crippen LogP contribution in [-0.4, -0.2) is 37.1 Å². The molecule has 0 aliphatic rings. The van der Waals surface area contributed by atoms with Crippen molar-refractivity contribution in [2.24, 2.45) is 5.10 Å². The van der Waals surface area contributed by atoms with Gasteiger partial charge in [-0.2, -0.15) is 5.10 Å². The summed E-state index contributed by atoms with van der Waals surface area (Å²) in [6.07, 6.45) is 1.38. The first kappa shape index (κ1) is 27.9. The number of rotatable bonds is 9. The van der Waals surface area contributed by atoms with Gasteiger partial charge in [-0.15, -0.1) is 0 Å². The summed E-state index contributed by atoms with van der Waals surface area (Å²) in [5.74, 6) is -1.22. The molecule has 0 aromatic heterocycles. The fourth-order valence-corrected chi connectivity index (χ4v) is 3.72. The summed E-state index contributed by atoms with van der Waals surface area (Å²) in [7, 11) is 0. The van der Waals surface area contributed by atoms with E-state index in [1.807, 2.05) is 71.0 Å². The van der Waals surface area contributed by atoms with E-state index in [9.17, 15) is 14.4 Å². The number of hydrazone groups is 1. The molecule has 0 radical (unpaired) electrons. The Labute approximate surface area is 222 Å². The third kappa shape index (κ3) is 7.42. The zero-order chi connectivity index (χ0) is 27.7.